The average molecular weight is 371 g/mol. The Hall–Kier alpha value is -0.400. The van der Waals surface area contributed by atoms with Crippen LogP contribution in [0.4, 0.5) is 0 Å². The molecule has 0 saturated heterocycles. The van der Waals surface area contributed by atoms with Gasteiger partial charge in [0.2, 0.25) is 0 Å². The quantitative estimate of drug-likeness (QED) is 0.652. The predicted octanol–water partition coefficient (Wildman–Crippen LogP) is 2.18. The van der Waals surface area contributed by atoms with Crippen LogP contribution in [-0.4, -0.2) is 30.4 Å². The van der Waals surface area contributed by atoms with E-state index in [0.717, 1.165) is 3.79 Å². The molecular formula is C9H9Br2NO3S. The maximum Gasteiger partial charge on any atom is 0.321 e. The van der Waals surface area contributed by atoms with Crippen LogP contribution in [-0.2, 0) is 9.53 Å². The maximum absolute atomic E-state index is 11.6. The second kappa shape index (κ2) is 6.36. The number of carbonyl (C=O) groups excluding carboxylic acids is 2. The molecule has 1 aromatic heterocycles. The summed E-state index contributed by atoms with van der Waals surface area (Å²) < 4.78 is 5.40. The van der Waals surface area contributed by atoms with Crippen LogP contribution in [0.2, 0.25) is 0 Å². The maximum atomic E-state index is 11.6. The minimum atomic E-state index is -0.523. The molecule has 0 aliphatic carbocycles. The summed E-state index contributed by atoms with van der Waals surface area (Å²) in [4.78, 5) is 22.7. The van der Waals surface area contributed by atoms with Crippen LogP contribution in [0.25, 0.3) is 0 Å². The molecule has 1 unspecified atom stereocenters. The highest BCUT2D eigenvalue weighted by molar-refractivity contribution is 9.11. The fraction of sp³-hybridized carbons (Fsp3) is 0.333. The Balaban J connectivity index is 2.44. The predicted molar refractivity (Wildman–Crippen MR) is 69.1 cm³/mol. The first-order valence-electron chi connectivity index (χ1n) is 4.30. The number of nitrogens with one attached hydrogen (secondary N) is 1. The van der Waals surface area contributed by atoms with Crippen LogP contribution in [0.3, 0.4) is 0 Å². The van der Waals surface area contributed by atoms with Gasteiger partial charge in [-0.3, -0.25) is 9.59 Å². The largest absolute Gasteiger partial charge is 0.468 e. The fourth-order valence-electron chi connectivity index (χ4n) is 0.917. The van der Waals surface area contributed by atoms with Crippen molar-refractivity contribution in [2.45, 2.75) is 4.83 Å². The first kappa shape index (κ1) is 13.7. The molecule has 0 aromatic carbocycles. The van der Waals surface area contributed by atoms with E-state index in [1.807, 2.05) is 0 Å². The summed E-state index contributed by atoms with van der Waals surface area (Å²) >= 11 is 7.72. The second-order valence-electron chi connectivity index (χ2n) is 2.80. The molecule has 0 saturated carbocycles. The molecular weight excluding hydrogens is 362 g/mol. The SMILES string of the molecule is COC(=O)C(Br)CNC(=O)c1ccc(Br)s1. The van der Waals surface area contributed by atoms with Crippen LogP contribution in [0.5, 0.6) is 0 Å². The van der Waals surface area contributed by atoms with E-state index in [2.05, 4.69) is 41.9 Å². The van der Waals surface area contributed by atoms with E-state index in [4.69, 9.17) is 0 Å². The Morgan fingerprint density at radius 2 is 2.25 bits per heavy atom. The monoisotopic (exact) mass is 369 g/mol. The van der Waals surface area contributed by atoms with Crippen molar-refractivity contribution >= 4 is 55.1 Å². The summed E-state index contributed by atoms with van der Waals surface area (Å²) in [5.74, 6) is -0.614. The number of thiophene rings is 1. The fourth-order valence-corrected chi connectivity index (χ4v) is 2.57. The van der Waals surface area contributed by atoms with Crippen LogP contribution in [0, 0.1) is 0 Å². The smallest absolute Gasteiger partial charge is 0.321 e. The number of ether oxygens (including phenoxy) is 1. The van der Waals surface area contributed by atoms with Gasteiger partial charge in [-0.25, -0.2) is 0 Å². The van der Waals surface area contributed by atoms with E-state index in [9.17, 15) is 9.59 Å². The van der Waals surface area contributed by atoms with Gasteiger partial charge in [-0.1, -0.05) is 15.9 Å². The zero-order chi connectivity index (χ0) is 12.1. The number of rotatable bonds is 4. The molecule has 1 rings (SSSR count). The summed E-state index contributed by atoms with van der Waals surface area (Å²) in [5, 5.41) is 2.63. The molecule has 88 valence electrons. The van der Waals surface area contributed by atoms with Crippen molar-refractivity contribution in [1.82, 2.24) is 5.32 Å². The lowest BCUT2D eigenvalue weighted by molar-refractivity contribution is -0.139. The summed E-state index contributed by atoms with van der Waals surface area (Å²) in [6.45, 7) is 0.195. The number of halogens is 2. The number of carbonyl (C=O) groups is 2. The summed E-state index contributed by atoms with van der Waals surface area (Å²) in [7, 11) is 1.30. The molecule has 1 aromatic rings. The van der Waals surface area contributed by atoms with Crippen molar-refractivity contribution in [3.8, 4) is 0 Å². The Morgan fingerprint density at radius 3 is 2.75 bits per heavy atom. The van der Waals surface area contributed by atoms with Crippen molar-refractivity contribution in [2.75, 3.05) is 13.7 Å². The van der Waals surface area contributed by atoms with Crippen molar-refractivity contribution in [3.63, 3.8) is 0 Å². The highest BCUT2D eigenvalue weighted by atomic mass is 79.9. The molecule has 0 fully saturated rings. The van der Waals surface area contributed by atoms with Crippen molar-refractivity contribution in [1.29, 1.82) is 0 Å². The highest BCUT2D eigenvalue weighted by Gasteiger charge is 2.17. The van der Waals surface area contributed by atoms with E-state index in [-0.39, 0.29) is 12.5 Å². The van der Waals surface area contributed by atoms with E-state index in [1.165, 1.54) is 18.4 Å². The van der Waals surface area contributed by atoms with Gasteiger partial charge in [0, 0.05) is 6.54 Å². The Morgan fingerprint density at radius 1 is 1.56 bits per heavy atom. The summed E-state index contributed by atoms with van der Waals surface area (Å²) in [6.07, 6.45) is 0. The van der Waals surface area contributed by atoms with Gasteiger partial charge in [-0.05, 0) is 28.1 Å². The van der Waals surface area contributed by atoms with E-state index in [1.54, 1.807) is 12.1 Å². The first-order valence-corrected chi connectivity index (χ1v) is 6.82. The molecule has 0 bridgehead atoms. The van der Waals surface area contributed by atoms with Gasteiger partial charge in [-0.2, -0.15) is 0 Å². The molecule has 1 heterocycles. The van der Waals surface area contributed by atoms with Crippen molar-refractivity contribution in [3.05, 3.63) is 20.8 Å². The van der Waals surface area contributed by atoms with E-state index in [0.29, 0.717) is 4.88 Å². The summed E-state index contributed by atoms with van der Waals surface area (Å²) in [6, 6.07) is 3.51. The Bertz CT molecular complexity index is 394. The van der Waals surface area contributed by atoms with E-state index >= 15 is 0 Å². The Labute approximate surface area is 114 Å². The van der Waals surface area contributed by atoms with Crippen molar-refractivity contribution in [2.24, 2.45) is 0 Å². The lowest BCUT2D eigenvalue weighted by Gasteiger charge is -2.08. The molecule has 16 heavy (non-hydrogen) atoms. The third-order valence-electron chi connectivity index (χ3n) is 1.70. The molecule has 1 N–H and O–H groups in total. The number of amides is 1. The van der Waals surface area contributed by atoms with Gasteiger partial charge in [0.1, 0.15) is 4.83 Å². The molecule has 4 nitrogen and oxygen atoms in total. The van der Waals surface area contributed by atoms with E-state index < -0.39 is 10.8 Å². The van der Waals surface area contributed by atoms with Crippen LogP contribution < -0.4 is 5.32 Å². The minimum absolute atomic E-state index is 0.195. The van der Waals surface area contributed by atoms with Gasteiger partial charge in [-0.15, -0.1) is 11.3 Å². The Kier molecular flexibility index (Phi) is 5.43. The lowest BCUT2D eigenvalue weighted by Crippen LogP contribution is -2.33. The standard InChI is InChI=1S/C9H9Br2NO3S/c1-15-9(14)5(10)4-12-8(13)6-2-3-7(11)16-6/h2-3,5H,4H2,1H3,(H,12,13). The van der Waals surface area contributed by atoms with Gasteiger partial charge < -0.3 is 10.1 Å². The lowest BCUT2D eigenvalue weighted by atomic mass is 10.4. The third kappa shape index (κ3) is 3.88. The number of alkyl halides is 1. The van der Waals surface area contributed by atoms with Gasteiger partial charge in [0.15, 0.2) is 0 Å². The third-order valence-corrected chi connectivity index (χ3v) is 4.02. The normalized spacial score (nSPS) is 11.9. The zero-order valence-electron chi connectivity index (χ0n) is 8.33. The van der Waals surface area contributed by atoms with Crippen LogP contribution >= 0.6 is 43.2 Å². The molecule has 0 aliphatic rings. The molecule has 0 spiro atoms. The van der Waals surface area contributed by atoms with Crippen LogP contribution in [0.1, 0.15) is 9.67 Å². The number of hydrogen-bond donors (Lipinski definition) is 1. The molecule has 1 atom stereocenters. The molecule has 7 heteroatoms. The zero-order valence-corrected chi connectivity index (χ0v) is 12.3. The van der Waals surface area contributed by atoms with Gasteiger partial charge in [0.05, 0.1) is 15.8 Å². The molecule has 0 aliphatic heterocycles. The first-order chi connectivity index (χ1) is 7.54. The van der Waals surface area contributed by atoms with Crippen molar-refractivity contribution < 1.29 is 14.3 Å². The topological polar surface area (TPSA) is 55.4 Å². The molecule has 0 radical (unpaired) electrons. The average Bonchev–Trinajstić information content (AvgIpc) is 2.71. The number of methoxy groups -OCH3 is 1. The number of hydrogen-bond acceptors (Lipinski definition) is 4. The minimum Gasteiger partial charge on any atom is -0.468 e. The number of esters is 1. The van der Waals surface area contributed by atoms with Gasteiger partial charge >= 0.3 is 5.97 Å². The highest BCUT2D eigenvalue weighted by Crippen LogP contribution is 2.21. The van der Waals surface area contributed by atoms with Crippen LogP contribution in [0.15, 0.2) is 15.9 Å². The summed E-state index contributed by atoms with van der Waals surface area (Å²) in [5.41, 5.74) is 0. The van der Waals surface area contributed by atoms with Gasteiger partial charge in [0.25, 0.3) is 5.91 Å². The second-order valence-corrected chi connectivity index (χ2v) is 6.37. The molecule has 1 amide bonds.